The smallest absolute Gasteiger partial charge is 0.248 e. The number of alkyl halides is 2. The summed E-state index contributed by atoms with van der Waals surface area (Å²) in [5.74, 6) is -3.82. The van der Waals surface area contributed by atoms with Crippen molar-refractivity contribution in [1.82, 2.24) is 4.98 Å². The fraction of sp³-hybridized carbons (Fsp3) is 0.727. The number of pyridine rings is 1. The molecule has 1 aliphatic rings. The van der Waals surface area contributed by atoms with Crippen LogP contribution in [0, 0.1) is 11.8 Å². The number of unbranched alkanes of at least 4 members (excludes halogenated alkanes) is 6. The van der Waals surface area contributed by atoms with Gasteiger partial charge in [0.2, 0.25) is 11.8 Å². The van der Waals surface area contributed by atoms with Crippen LogP contribution in [0.15, 0.2) is 23.4 Å². The van der Waals surface area contributed by atoms with E-state index in [4.69, 9.17) is 5.14 Å². The number of hydrogen-bond acceptors (Lipinski definition) is 4. The van der Waals surface area contributed by atoms with E-state index >= 15 is 0 Å². The first-order valence-electron chi connectivity index (χ1n) is 10.8. The number of nitrogens with zero attached hydrogens (tertiary/aromatic N) is 1. The molecule has 3 N–H and O–H groups in total. The van der Waals surface area contributed by atoms with Gasteiger partial charge in [-0.2, -0.15) is 0 Å². The first-order valence-corrected chi connectivity index (χ1v) is 11.7. The van der Waals surface area contributed by atoms with E-state index in [1.54, 1.807) is 12.1 Å². The van der Waals surface area contributed by atoms with Gasteiger partial charge < -0.3 is 5.32 Å². The number of nitrogens with two attached hydrogens (primary N) is 1. The summed E-state index contributed by atoms with van der Waals surface area (Å²) in [6.45, 7) is 6.37. The lowest BCUT2D eigenvalue weighted by Crippen LogP contribution is -2.38. The molecule has 29 heavy (non-hydrogen) atoms. The molecule has 1 saturated carbocycles. The van der Waals surface area contributed by atoms with Crippen molar-refractivity contribution >= 4 is 23.5 Å². The fourth-order valence-corrected chi connectivity index (χ4v) is 3.75. The Hall–Kier alpha value is -1.21. The molecule has 2 atom stereocenters. The Labute approximate surface area is 178 Å². The van der Waals surface area contributed by atoms with Crippen molar-refractivity contribution < 1.29 is 13.6 Å². The van der Waals surface area contributed by atoms with Crippen molar-refractivity contribution in [3.8, 4) is 0 Å². The summed E-state index contributed by atoms with van der Waals surface area (Å²) in [6, 6.07) is 3.23. The third-order valence-corrected chi connectivity index (χ3v) is 5.80. The zero-order valence-electron chi connectivity index (χ0n) is 18.1. The second-order valence-corrected chi connectivity index (χ2v) is 8.59. The van der Waals surface area contributed by atoms with Crippen LogP contribution in [0.25, 0.3) is 0 Å². The van der Waals surface area contributed by atoms with Crippen molar-refractivity contribution in [1.29, 1.82) is 0 Å². The van der Waals surface area contributed by atoms with Gasteiger partial charge >= 0.3 is 0 Å². The van der Waals surface area contributed by atoms with Gasteiger partial charge in [-0.25, -0.2) is 13.8 Å². The van der Waals surface area contributed by atoms with Crippen LogP contribution < -0.4 is 10.5 Å². The minimum Gasteiger partial charge on any atom is -0.326 e. The van der Waals surface area contributed by atoms with Crippen molar-refractivity contribution in [2.24, 2.45) is 17.0 Å². The number of rotatable bonds is 9. The van der Waals surface area contributed by atoms with Gasteiger partial charge in [-0.3, -0.25) is 9.93 Å². The lowest BCUT2D eigenvalue weighted by atomic mass is 9.78. The highest BCUT2D eigenvalue weighted by Crippen LogP contribution is 2.40. The zero-order valence-corrected chi connectivity index (χ0v) is 18.9. The Balaban J connectivity index is 0.000000396. The molecule has 1 heterocycles. The predicted octanol–water partition coefficient (Wildman–Crippen LogP) is 6.81. The van der Waals surface area contributed by atoms with Gasteiger partial charge in [-0.15, -0.1) is 0 Å². The molecule has 4 nitrogen and oxygen atoms in total. The highest BCUT2D eigenvalue weighted by Gasteiger charge is 2.42. The topological polar surface area (TPSA) is 68.0 Å². The van der Waals surface area contributed by atoms with Crippen LogP contribution in [0.3, 0.4) is 0 Å². The summed E-state index contributed by atoms with van der Waals surface area (Å²) < 4.78 is 26.9. The maximum atomic E-state index is 13.4. The predicted molar refractivity (Wildman–Crippen MR) is 118 cm³/mol. The maximum absolute atomic E-state index is 13.4. The molecular formula is C22H37F2N3OS. The third-order valence-electron chi connectivity index (χ3n) is 5.34. The largest absolute Gasteiger partial charge is 0.326 e. The standard InChI is InChI=1S/C13H17F2N3OS.C9H20/c1-8-2-4-13(14,15)7-10(8)12(19)18-9-3-5-17-11(6-9)20-16;1-3-5-7-9-8-6-4-2/h3,5-6,8,10H,2,4,7,16H2,1H3,(H,17,18,19);3-9H2,1-2H3/t8?,10-;/m1./s1. The number of aromatic nitrogens is 1. The van der Waals surface area contributed by atoms with E-state index in [2.05, 4.69) is 24.1 Å². The summed E-state index contributed by atoms with van der Waals surface area (Å²) in [7, 11) is 0. The monoisotopic (exact) mass is 429 g/mol. The number of halogens is 2. The highest BCUT2D eigenvalue weighted by molar-refractivity contribution is 7.97. The summed E-state index contributed by atoms with van der Waals surface area (Å²) >= 11 is 0.964. The van der Waals surface area contributed by atoms with E-state index < -0.39 is 11.8 Å². The minimum atomic E-state index is -2.75. The van der Waals surface area contributed by atoms with Crippen molar-refractivity contribution in [3.63, 3.8) is 0 Å². The molecule has 7 heteroatoms. The number of anilines is 1. The zero-order chi connectivity index (χ0) is 21.7. The van der Waals surface area contributed by atoms with E-state index in [0.29, 0.717) is 17.1 Å². The van der Waals surface area contributed by atoms with Gasteiger partial charge in [-0.05, 0) is 36.4 Å². The van der Waals surface area contributed by atoms with Gasteiger partial charge in [-0.1, -0.05) is 65.7 Å². The van der Waals surface area contributed by atoms with Crippen LogP contribution in [0.5, 0.6) is 0 Å². The molecule has 1 aliphatic carbocycles. The van der Waals surface area contributed by atoms with E-state index in [9.17, 15) is 13.6 Å². The van der Waals surface area contributed by atoms with Gasteiger partial charge in [0.25, 0.3) is 0 Å². The molecule has 166 valence electrons. The molecule has 1 unspecified atom stereocenters. The molecule has 1 fully saturated rings. The van der Waals surface area contributed by atoms with Crippen molar-refractivity contribution in [3.05, 3.63) is 18.3 Å². The molecule has 0 spiro atoms. The van der Waals surface area contributed by atoms with Crippen LogP contribution in [0.1, 0.15) is 85.0 Å². The first kappa shape index (κ1) is 25.8. The van der Waals surface area contributed by atoms with Crippen LogP contribution in [0.2, 0.25) is 0 Å². The second-order valence-electron chi connectivity index (χ2n) is 7.94. The summed E-state index contributed by atoms with van der Waals surface area (Å²) in [6.07, 6.45) is 11.3. The lowest BCUT2D eigenvalue weighted by molar-refractivity contribution is -0.130. The third kappa shape index (κ3) is 10.4. The summed E-state index contributed by atoms with van der Waals surface area (Å²) in [5.41, 5.74) is 0.527. The van der Waals surface area contributed by atoms with Crippen LogP contribution >= 0.6 is 11.9 Å². The van der Waals surface area contributed by atoms with Crippen LogP contribution in [0.4, 0.5) is 14.5 Å². The number of carbonyl (C=O) groups is 1. The molecule has 1 amide bonds. The molecule has 0 saturated heterocycles. The van der Waals surface area contributed by atoms with Crippen molar-refractivity contribution in [2.75, 3.05) is 5.32 Å². The van der Waals surface area contributed by atoms with Gasteiger partial charge in [0, 0.05) is 30.6 Å². The minimum absolute atomic E-state index is 0.0418. The number of hydrogen-bond donors (Lipinski definition) is 2. The van der Waals surface area contributed by atoms with Gasteiger partial charge in [0.15, 0.2) is 0 Å². The average molecular weight is 430 g/mol. The molecule has 0 bridgehead atoms. The number of carbonyl (C=O) groups excluding carboxylic acids is 1. The number of amides is 1. The average Bonchev–Trinajstić information content (AvgIpc) is 2.70. The van der Waals surface area contributed by atoms with Crippen molar-refractivity contribution in [2.45, 2.75) is 95.9 Å². The Morgan fingerprint density at radius 1 is 1.24 bits per heavy atom. The van der Waals surface area contributed by atoms with E-state index in [1.165, 1.54) is 51.1 Å². The Morgan fingerprint density at radius 3 is 2.45 bits per heavy atom. The maximum Gasteiger partial charge on any atom is 0.248 e. The molecule has 1 aromatic rings. The normalized spacial score (nSPS) is 20.5. The Kier molecular flexibility index (Phi) is 12.4. The summed E-state index contributed by atoms with van der Waals surface area (Å²) in [5, 5.41) is 8.63. The SMILES string of the molecule is CC1CCC(F)(F)C[C@H]1C(=O)Nc1ccnc(SN)c1.CCCCCCCCC. The fourth-order valence-electron chi connectivity index (χ4n) is 3.43. The molecule has 0 aliphatic heterocycles. The number of nitrogens with one attached hydrogen (secondary N) is 1. The molecule has 0 radical (unpaired) electrons. The summed E-state index contributed by atoms with van der Waals surface area (Å²) in [4.78, 5) is 16.1. The molecular weight excluding hydrogens is 392 g/mol. The highest BCUT2D eigenvalue weighted by atomic mass is 32.2. The lowest BCUT2D eigenvalue weighted by Gasteiger charge is -2.33. The van der Waals surface area contributed by atoms with E-state index in [1.807, 2.05) is 6.92 Å². The van der Waals surface area contributed by atoms with Crippen LogP contribution in [-0.2, 0) is 4.79 Å². The first-order chi connectivity index (χ1) is 13.8. The van der Waals surface area contributed by atoms with Gasteiger partial charge in [0.1, 0.15) is 5.03 Å². The van der Waals surface area contributed by atoms with E-state index in [0.717, 1.165) is 11.9 Å². The van der Waals surface area contributed by atoms with Gasteiger partial charge in [0.05, 0.1) is 0 Å². The Bertz CT molecular complexity index is 595. The second kappa shape index (κ2) is 13.9. The van der Waals surface area contributed by atoms with Crippen LogP contribution in [-0.4, -0.2) is 16.8 Å². The molecule has 0 aromatic carbocycles. The van der Waals surface area contributed by atoms with E-state index in [-0.39, 0.29) is 24.7 Å². The molecule has 1 aromatic heterocycles. The quantitative estimate of drug-likeness (QED) is 0.334. The molecule has 2 rings (SSSR count). The Morgan fingerprint density at radius 2 is 1.86 bits per heavy atom.